The van der Waals surface area contributed by atoms with Crippen molar-refractivity contribution in [2.45, 2.75) is 20.3 Å². The smallest absolute Gasteiger partial charge is 0.138 e. The van der Waals surface area contributed by atoms with Crippen molar-refractivity contribution in [3.05, 3.63) is 35.1 Å². The molecule has 0 fully saturated rings. The molecule has 6 heteroatoms. The van der Waals surface area contributed by atoms with Gasteiger partial charge in [-0.05, 0) is 12.3 Å². The molecule has 0 unspecified atom stereocenters. The number of benzene rings is 1. The molecule has 3 nitrogen and oxygen atoms in total. The van der Waals surface area contributed by atoms with Crippen molar-refractivity contribution >= 4 is 5.82 Å². The van der Waals surface area contributed by atoms with Crippen LogP contribution >= 0.6 is 0 Å². The highest BCUT2D eigenvalue weighted by Crippen LogP contribution is 2.32. The Morgan fingerprint density at radius 1 is 1.20 bits per heavy atom. The topological polar surface area (TPSA) is 43.8 Å². The summed E-state index contributed by atoms with van der Waals surface area (Å²) in [5, 5.41) is 4.07. The van der Waals surface area contributed by atoms with E-state index in [1.54, 1.807) is 7.05 Å². The maximum atomic E-state index is 13.9. The average Bonchev–Trinajstić information content (AvgIpc) is 2.56. The first kappa shape index (κ1) is 14.4. The molecular formula is C14H16F3N3. The monoisotopic (exact) mass is 283 g/mol. The average molecular weight is 283 g/mol. The van der Waals surface area contributed by atoms with Gasteiger partial charge in [0.2, 0.25) is 0 Å². The largest absolute Gasteiger partial charge is 0.384 e. The highest BCUT2D eigenvalue weighted by atomic mass is 19.1. The molecule has 1 aromatic heterocycles. The number of halogens is 3. The third-order valence-electron chi connectivity index (χ3n) is 3.05. The second-order valence-corrected chi connectivity index (χ2v) is 5.18. The third-order valence-corrected chi connectivity index (χ3v) is 3.05. The van der Waals surface area contributed by atoms with E-state index in [9.17, 15) is 13.2 Å². The lowest BCUT2D eigenvalue weighted by Crippen LogP contribution is -2.02. The molecular weight excluding hydrogens is 267 g/mol. The number of anilines is 1. The number of nitrogens with two attached hydrogens (primary N) is 1. The molecule has 0 spiro atoms. The van der Waals surface area contributed by atoms with Crippen LogP contribution in [0.5, 0.6) is 0 Å². The van der Waals surface area contributed by atoms with Crippen LogP contribution in [0.4, 0.5) is 19.0 Å². The predicted molar refractivity (Wildman–Crippen MR) is 71.5 cm³/mol. The van der Waals surface area contributed by atoms with E-state index in [1.807, 2.05) is 13.8 Å². The molecule has 0 atom stereocenters. The van der Waals surface area contributed by atoms with Crippen molar-refractivity contribution in [1.82, 2.24) is 9.78 Å². The summed E-state index contributed by atoms with van der Waals surface area (Å²) >= 11 is 0. The van der Waals surface area contributed by atoms with Gasteiger partial charge < -0.3 is 5.73 Å². The highest BCUT2D eigenvalue weighted by molar-refractivity contribution is 5.69. The van der Waals surface area contributed by atoms with Gasteiger partial charge in [-0.15, -0.1) is 0 Å². The minimum atomic E-state index is -0.981. The molecule has 20 heavy (non-hydrogen) atoms. The van der Waals surface area contributed by atoms with Crippen LogP contribution in [0.2, 0.25) is 0 Å². The Balaban J connectivity index is 2.67. The first-order valence-electron chi connectivity index (χ1n) is 6.27. The van der Waals surface area contributed by atoms with Crippen LogP contribution in [0.15, 0.2) is 12.1 Å². The van der Waals surface area contributed by atoms with E-state index in [1.165, 1.54) is 4.68 Å². The van der Waals surface area contributed by atoms with Gasteiger partial charge in [-0.25, -0.2) is 13.2 Å². The number of aryl methyl sites for hydroxylation is 1. The summed E-state index contributed by atoms with van der Waals surface area (Å²) in [4.78, 5) is 0. The van der Waals surface area contributed by atoms with Crippen molar-refractivity contribution in [2.24, 2.45) is 13.0 Å². The Morgan fingerprint density at radius 3 is 2.25 bits per heavy atom. The predicted octanol–water partition coefficient (Wildman–Crippen LogP) is 3.29. The third kappa shape index (κ3) is 2.50. The molecule has 2 aromatic rings. The molecule has 0 radical (unpaired) electrons. The maximum absolute atomic E-state index is 13.9. The van der Waals surface area contributed by atoms with E-state index in [2.05, 4.69) is 5.10 Å². The van der Waals surface area contributed by atoms with Crippen LogP contribution in [0.1, 0.15) is 19.4 Å². The number of aromatic nitrogens is 2. The minimum absolute atomic E-state index is 0.133. The van der Waals surface area contributed by atoms with Gasteiger partial charge in [-0.3, -0.25) is 4.68 Å². The quantitative estimate of drug-likeness (QED) is 0.939. The van der Waals surface area contributed by atoms with Gasteiger partial charge in [-0.1, -0.05) is 13.8 Å². The lowest BCUT2D eigenvalue weighted by molar-refractivity contribution is 0.546. The van der Waals surface area contributed by atoms with Crippen LogP contribution in [0.3, 0.4) is 0 Å². The molecule has 2 N–H and O–H groups in total. The van der Waals surface area contributed by atoms with Crippen LogP contribution in [-0.2, 0) is 13.5 Å². The summed E-state index contributed by atoms with van der Waals surface area (Å²) < 4.78 is 42.1. The van der Waals surface area contributed by atoms with Gasteiger partial charge in [0.15, 0.2) is 0 Å². The van der Waals surface area contributed by atoms with E-state index >= 15 is 0 Å². The van der Waals surface area contributed by atoms with Crippen molar-refractivity contribution in [3.63, 3.8) is 0 Å². The number of nitrogens with zero attached hydrogens (tertiary/aromatic N) is 2. The van der Waals surface area contributed by atoms with Crippen molar-refractivity contribution < 1.29 is 13.2 Å². The standard InChI is InChI=1S/C14H16F3N3/c1-7(2)4-9-13(19-20(3)14(9)18)12-10(16)5-8(15)6-11(12)17/h5-7H,4,18H2,1-3H3. The number of rotatable bonds is 3. The zero-order chi connectivity index (χ0) is 15.0. The van der Waals surface area contributed by atoms with Gasteiger partial charge in [0.25, 0.3) is 0 Å². The van der Waals surface area contributed by atoms with Crippen molar-refractivity contribution in [1.29, 1.82) is 0 Å². The van der Waals surface area contributed by atoms with Gasteiger partial charge in [-0.2, -0.15) is 5.10 Å². The lowest BCUT2D eigenvalue weighted by atomic mass is 9.98. The molecule has 1 aromatic carbocycles. The summed E-state index contributed by atoms with van der Waals surface area (Å²) in [6.07, 6.45) is 0.533. The number of hydrogen-bond donors (Lipinski definition) is 1. The van der Waals surface area contributed by atoms with Gasteiger partial charge >= 0.3 is 0 Å². The molecule has 2 rings (SSSR count). The zero-order valence-electron chi connectivity index (χ0n) is 11.5. The Labute approximate surface area is 115 Å². The molecule has 0 bridgehead atoms. The van der Waals surface area contributed by atoms with Crippen LogP contribution < -0.4 is 5.73 Å². The Morgan fingerprint density at radius 2 is 1.75 bits per heavy atom. The highest BCUT2D eigenvalue weighted by Gasteiger charge is 2.23. The van der Waals surface area contributed by atoms with E-state index < -0.39 is 17.5 Å². The first-order valence-corrected chi connectivity index (χ1v) is 6.27. The fraction of sp³-hybridized carbons (Fsp3) is 0.357. The summed E-state index contributed by atoms with van der Waals surface area (Å²) in [6, 6.07) is 1.28. The maximum Gasteiger partial charge on any atom is 0.138 e. The fourth-order valence-corrected chi connectivity index (χ4v) is 2.16. The molecule has 0 aliphatic rings. The van der Waals surface area contributed by atoms with Crippen LogP contribution in [0, 0.1) is 23.4 Å². The number of hydrogen-bond acceptors (Lipinski definition) is 2. The fourth-order valence-electron chi connectivity index (χ4n) is 2.16. The second kappa shape index (κ2) is 5.19. The van der Waals surface area contributed by atoms with Gasteiger partial charge in [0.1, 0.15) is 29.0 Å². The Hall–Kier alpha value is -1.98. The Kier molecular flexibility index (Phi) is 3.74. The lowest BCUT2D eigenvalue weighted by Gasteiger charge is -2.08. The minimum Gasteiger partial charge on any atom is -0.384 e. The molecule has 0 saturated heterocycles. The van der Waals surface area contributed by atoms with Gasteiger partial charge in [0, 0.05) is 24.7 Å². The van der Waals surface area contributed by atoms with E-state index in [0.717, 1.165) is 0 Å². The van der Waals surface area contributed by atoms with Crippen LogP contribution in [0.25, 0.3) is 11.3 Å². The molecule has 0 saturated carbocycles. The molecule has 0 amide bonds. The number of nitrogen functional groups attached to an aromatic ring is 1. The normalized spacial score (nSPS) is 11.3. The summed E-state index contributed by atoms with van der Waals surface area (Å²) in [5.74, 6) is -2.32. The molecule has 108 valence electrons. The molecule has 0 aliphatic carbocycles. The SMILES string of the molecule is CC(C)Cc1c(-c2c(F)cc(F)cc2F)nn(C)c1N. The first-order chi connectivity index (χ1) is 9.31. The van der Waals surface area contributed by atoms with Gasteiger partial charge in [0.05, 0.1) is 5.56 Å². The van der Waals surface area contributed by atoms with E-state index in [-0.39, 0.29) is 17.2 Å². The zero-order valence-corrected chi connectivity index (χ0v) is 11.5. The molecule has 1 heterocycles. The van der Waals surface area contributed by atoms with E-state index in [4.69, 9.17) is 5.73 Å². The van der Waals surface area contributed by atoms with Crippen molar-refractivity contribution in [2.75, 3.05) is 5.73 Å². The summed E-state index contributed by atoms with van der Waals surface area (Å²) in [5.41, 5.74) is 6.27. The van der Waals surface area contributed by atoms with Crippen molar-refractivity contribution in [3.8, 4) is 11.3 Å². The Bertz CT molecular complexity index is 624. The summed E-state index contributed by atoms with van der Waals surface area (Å²) in [7, 11) is 1.60. The molecule has 0 aliphatic heterocycles. The second-order valence-electron chi connectivity index (χ2n) is 5.18. The summed E-state index contributed by atoms with van der Waals surface area (Å²) in [6.45, 7) is 3.93. The van der Waals surface area contributed by atoms with Crippen LogP contribution in [-0.4, -0.2) is 9.78 Å². The van der Waals surface area contributed by atoms with E-state index in [0.29, 0.717) is 29.9 Å².